The summed E-state index contributed by atoms with van der Waals surface area (Å²) >= 11 is 0. The molecular weight excluding hydrogens is 372 g/mol. The zero-order valence-corrected chi connectivity index (χ0v) is 16.8. The minimum Gasteiger partial charge on any atom is -0.508 e. The second-order valence-corrected chi connectivity index (χ2v) is 7.52. The molecule has 4 rings (SSSR count). The Morgan fingerprint density at radius 1 is 0.600 bits per heavy atom. The van der Waals surface area contributed by atoms with Crippen LogP contribution in [0, 0.1) is 0 Å². The Hall–Kier alpha value is -3.72. The van der Waals surface area contributed by atoms with Gasteiger partial charge in [-0.15, -0.1) is 0 Å². The third kappa shape index (κ3) is 4.01. The van der Waals surface area contributed by atoms with Crippen LogP contribution in [0.25, 0.3) is 0 Å². The summed E-state index contributed by atoms with van der Waals surface area (Å²) in [5.41, 5.74) is 3.85. The van der Waals surface area contributed by atoms with Crippen LogP contribution in [-0.4, -0.2) is 10.2 Å². The van der Waals surface area contributed by atoms with Crippen LogP contribution in [0.4, 0.5) is 0 Å². The van der Waals surface area contributed by atoms with E-state index in [1.165, 1.54) is 0 Å². The maximum Gasteiger partial charge on any atom is 0.119 e. The van der Waals surface area contributed by atoms with Gasteiger partial charge in [0.25, 0.3) is 0 Å². The molecule has 0 saturated carbocycles. The average molecular weight is 396 g/mol. The molecule has 0 bridgehead atoms. The normalized spacial score (nSPS) is 11.2. The summed E-state index contributed by atoms with van der Waals surface area (Å²) in [7, 11) is 0. The van der Waals surface area contributed by atoms with E-state index in [0.29, 0.717) is 6.61 Å². The van der Waals surface area contributed by atoms with Crippen LogP contribution in [0.15, 0.2) is 103 Å². The Kier molecular flexibility index (Phi) is 5.44. The highest BCUT2D eigenvalue weighted by molar-refractivity contribution is 5.51. The van der Waals surface area contributed by atoms with E-state index in [2.05, 4.69) is 19.1 Å². The van der Waals surface area contributed by atoms with E-state index in [-0.39, 0.29) is 11.5 Å². The van der Waals surface area contributed by atoms with Crippen LogP contribution in [0.3, 0.4) is 0 Å². The number of aromatic hydroxyl groups is 2. The first-order valence-corrected chi connectivity index (χ1v) is 9.92. The number of rotatable bonds is 6. The van der Waals surface area contributed by atoms with Gasteiger partial charge in [-0.2, -0.15) is 0 Å². The maximum absolute atomic E-state index is 9.74. The van der Waals surface area contributed by atoms with Crippen molar-refractivity contribution in [1.82, 2.24) is 0 Å². The first-order chi connectivity index (χ1) is 14.6. The monoisotopic (exact) mass is 396 g/mol. The van der Waals surface area contributed by atoms with E-state index in [4.69, 9.17) is 4.74 Å². The molecule has 3 nitrogen and oxygen atoms in total. The quantitative estimate of drug-likeness (QED) is 0.391. The van der Waals surface area contributed by atoms with Crippen molar-refractivity contribution in [2.75, 3.05) is 0 Å². The lowest BCUT2D eigenvalue weighted by Gasteiger charge is -2.32. The molecule has 2 N–H and O–H groups in total. The minimum atomic E-state index is -0.459. The molecule has 0 heterocycles. The second kappa shape index (κ2) is 8.34. The number of ether oxygens (including phenoxy) is 1. The van der Waals surface area contributed by atoms with Crippen molar-refractivity contribution in [1.29, 1.82) is 0 Å². The van der Waals surface area contributed by atoms with Gasteiger partial charge in [0.2, 0.25) is 0 Å². The molecular formula is C27H24O3. The van der Waals surface area contributed by atoms with Gasteiger partial charge in [0.15, 0.2) is 0 Å². The van der Waals surface area contributed by atoms with E-state index in [1.54, 1.807) is 24.3 Å². The fourth-order valence-corrected chi connectivity index (χ4v) is 3.71. The number of benzene rings is 4. The summed E-state index contributed by atoms with van der Waals surface area (Å²) in [5.74, 6) is 1.27. The van der Waals surface area contributed by atoms with Gasteiger partial charge in [-0.25, -0.2) is 0 Å². The van der Waals surface area contributed by atoms with Gasteiger partial charge in [-0.3, -0.25) is 0 Å². The van der Waals surface area contributed by atoms with Crippen LogP contribution < -0.4 is 4.74 Å². The zero-order valence-electron chi connectivity index (χ0n) is 16.8. The molecule has 0 aliphatic heterocycles. The number of hydrogen-bond donors (Lipinski definition) is 2. The lowest BCUT2D eigenvalue weighted by atomic mass is 9.71. The fourth-order valence-electron chi connectivity index (χ4n) is 3.71. The Bertz CT molecular complexity index is 1040. The summed E-state index contributed by atoms with van der Waals surface area (Å²) in [4.78, 5) is 0. The SMILES string of the molecule is CC(c1ccc(O)cc1)(c1ccc(O)cc1)c1ccc(OCc2ccccc2)cc1. The molecule has 150 valence electrons. The van der Waals surface area contributed by atoms with Gasteiger partial charge in [-0.05, 0) is 65.6 Å². The maximum atomic E-state index is 9.74. The van der Waals surface area contributed by atoms with E-state index >= 15 is 0 Å². The molecule has 30 heavy (non-hydrogen) atoms. The largest absolute Gasteiger partial charge is 0.508 e. The molecule has 4 aromatic rings. The summed E-state index contributed by atoms with van der Waals surface area (Å²) in [6.45, 7) is 2.67. The van der Waals surface area contributed by atoms with Crippen LogP contribution >= 0.6 is 0 Å². The van der Waals surface area contributed by atoms with Crippen molar-refractivity contribution in [2.45, 2.75) is 18.9 Å². The number of hydrogen-bond acceptors (Lipinski definition) is 3. The second-order valence-electron chi connectivity index (χ2n) is 7.52. The standard InChI is InChI=1S/C27H24O3/c1-27(21-7-13-24(28)14-8-21,22-9-15-25(29)16-10-22)23-11-17-26(18-12-23)30-19-20-5-3-2-4-6-20/h2-18,28-29H,19H2,1H3. The van der Waals surface area contributed by atoms with Crippen molar-refractivity contribution in [3.8, 4) is 17.2 Å². The number of phenolic OH excluding ortho intramolecular Hbond substituents is 2. The smallest absolute Gasteiger partial charge is 0.119 e. The molecule has 0 atom stereocenters. The van der Waals surface area contributed by atoms with Gasteiger partial charge in [0.05, 0.1) is 0 Å². The first kappa shape index (κ1) is 19.6. The third-order valence-corrected chi connectivity index (χ3v) is 5.57. The molecule has 3 heteroatoms. The lowest BCUT2D eigenvalue weighted by molar-refractivity contribution is 0.306. The Labute approximate surface area is 176 Å². The predicted molar refractivity (Wildman–Crippen MR) is 119 cm³/mol. The first-order valence-electron chi connectivity index (χ1n) is 9.92. The highest BCUT2D eigenvalue weighted by atomic mass is 16.5. The fraction of sp³-hybridized carbons (Fsp3) is 0.111. The van der Waals surface area contributed by atoms with Crippen LogP contribution in [0.2, 0.25) is 0 Å². The van der Waals surface area contributed by atoms with E-state index in [9.17, 15) is 10.2 Å². The van der Waals surface area contributed by atoms with Gasteiger partial charge in [-0.1, -0.05) is 66.7 Å². The Balaban J connectivity index is 1.67. The van der Waals surface area contributed by atoms with Gasteiger partial charge in [0.1, 0.15) is 23.9 Å². The minimum absolute atomic E-state index is 0.233. The van der Waals surface area contributed by atoms with Crippen LogP contribution in [0.1, 0.15) is 29.2 Å². The molecule has 0 amide bonds. The van der Waals surface area contributed by atoms with Crippen molar-refractivity contribution in [3.05, 3.63) is 125 Å². The molecule has 0 unspecified atom stereocenters. The summed E-state index contributed by atoms with van der Waals surface area (Å²) in [6, 6.07) is 32.7. The van der Waals surface area contributed by atoms with Crippen LogP contribution in [-0.2, 0) is 12.0 Å². The van der Waals surface area contributed by atoms with Gasteiger partial charge < -0.3 is 14.9 Å². The predicted octanol–water partition coefficient (Wildman–Crippen LogP) is 6.03. The molecule has 0 aliphatic rings. The summed E-state index contributed by atoms with van der Waals surface area (Å²) < 4.78 is 5.94. The topological polar surface area (TPSA) is 49.7 Å². The lowest BCUT2D eigenvalue weighted by Crippen LogP contribution is -2.25. The van der Waals surface area contributed by atoms with Gasteiger partial charge in [0, 0.05) is 5.41 Å². The summed E-state index contributed by atoms with van der Waals surface area (Å²) in [6.07, 6.45) is 0. The molecule has 0 aromatic heterocycles. The molecule has 0 aliphatic carbocycles. The van der Waals surface area contributed by atoms with Gasteiger partial charge >= 0.3 is 0 Å². The zero-order chi connectivity index (χ0) is 21.0. The Morgan fingerprint density at radius 3 is 1.50 bits per heavy atom. The van der Waals surface area contributed by atoms with E-state index in [1.807, 2.05) is 66.7 Å². The van der Waals surface area contributed by atoms with Crippen molar-refractivity contribution >= 4 is 0 Å². The molecule has 0 saturated heterocycles. The Morgan fingerprint density at radius 2 is 1.03 bits per heavy atom. The van der Waals surface area contributed by atoms with E-state index in [0.717, 1.165) is 28.0 Å². The summed E-state index contributed by atoms with van der Waals surface area (Å²) in [5, 5.41) is 19.5. The number of phenols is 2. The highest BCUT2D eigenvalue weighted by Crippen LogP contribution is 2.40. The molecule has 0 spiro atoms. The molecule has 0 fully saturated rings. The van der Waals surface area contributed by atoms with E-state index < -0.39 is 5.41 Å². The average Bonchev–Trinajstić information content (AvgIpc) is 2.79. The molecule has 4 aromatic carbocycles. The molecule has 0 radical (unpaired) electrons. The van der Waals surface area contributed by atoms with Crippen molar-refractivity contribution in [3.63, 3.8) is 0 Å². The van der Waals surface area contributed by atoms with Crippen molar-refractivity contribution < 1.29 is 14.9 Å². The third-order valence-electron chi connectivity index (χ3n) is 5.57. The van der Waals surface area contributed by atoms with Crippen molar-refractivity contribution in [2.24, 2.45) is 0 Å². The highest BCUT2D eigenvalue weighted by Gasteiger charge is 2.31. The van der Waals surface area contributed by atoms with Crippen LogP contribution in [0.5, 0.6) is 17.2 Å².